The number of nitrogens with zero attached hydrogens (tertiary/aromatic N) is 4. The molecule has 3 heterocycles. The van der Waals surface area contributed by atoms with Crippen molar-refractivity contribution in [3.05, 3.63) is 66.7 Å². The van der Waals surface area contributed by atoms with E-state index in [0.717, 1.165) is 29.7 Å². The number of carbonyl (C=O) groups excluding carboxylic acids is 1. The second-order valence-corrected chi connectivity index (χ2v) is 7.64. The van der Waals surface area contributed by atoms with E-state index >= 15 is 0 Å². The Morgan fingerprint density at radius 1 is 1.09 bits per heavy atom. The van der Waals surface area contributed by atoms with Crippen molar-refractivity contribution in [1.82, 2.24) is 24.7 Å². The summed E-state index contributed by atoms with van der Waals surface area (Å²) in [7, 11) is 0. The van der Waals surface area contributed by atoms with E-state index in [9.17, 15) is 13.6 Å². The van der Waals surface area contributed by atoms with E-state index in [1.165, 1.54) is 0 Å². The van der Waals surface area contributed by atoms with Crippen LogP contribution in [0, 0.1) is 0 Å². The Morgan fingerprint density at radius 2 is 1.84 bits per heavy atom. The lowest BCUT2D eigenvalue weighted by atomic mass is 10.1. The Balaban J connectivity index is 1.54. The van der Waals surface area contributed by atoms with Crippen LogP contribution in [0.4, 0.5) is 14.6 Å². The van der Waals surface area contributed by atoms with E-state index in [0.29, 0.717) is 22.9 Å². The predicted octanol–water partition coefficient (Wildman–Crippen LogP) is 4.03. The van der Waals surface area contributed by atoms with Gasteiger partial charge >= 0.3 is 0 Å². The van der Waals surface area contributed by atoms with E-state index in [4.69, 9.17) is 0 Å². The van der Waals surface area contributed by atoms with Crippen LogP contribution < -0.4 is 10.6 Å². The minimum Gasteiger partial charge on any atom is -0.361 e. The smallest absolute Gasteiger partial charge is 0.255 e. The number of alkyl halides is 2. The minimum atomic E-state index is -2.52. The number of nitrogens with one attached hydrogen (secondary N) is 2. The SMILES string of the molecule is O=C(NC1CC1)c1ccc(-c2cnc3c(NCC(F)F)nc(-c4ccncc4)cn23)cc1. The summed E-state index contributed by atoms with van der Waals surface area (Å²) in [6, 6.07) is 11.1. The highest BCUT2D eigenvalue weighted by atomic mass is 19.3. The maximum Gasteiger partial charge on any atom is 0.255 e. The molecule has 1 aromatic carbocycles. The van der Waals surface area contributed by atoms with Crippen LogP contribution in [-0.2, 0) is 0 Å². The van der Waals surface area contributed by atoms with Crippen LogP contribution in [0.25, 0.3) is 28.2 Å². The average molecular weight is 434 g/mol. The molecule has 0 spiro atoms. The summed E-state index contributed by atoms with van der Waals surface area (Å²) in [6.07, 6.45) is 6.31. The molecule has 5 rings (SSSR count). The molecule has 1 saturated carbocycles. The van der Waals surface area contributed by atoms with Crippen molar-refractivity contribution in [2.24, 2.45) is 0 Å². The maximum atomic E-state index is 12.8. The molecular weight excluding hydrogens is 414 g/mol. The maximum absolute atomic E-state index is 12.8. The number of halogens is 2. The van der Waals surface area contributed by atoms with Gasteiger partial charge in [0.1, 0.15) is 0 Å². The Hall–Kier alpha value is -3.88. The number of imidazole rings is 1. The quantitative estimate of drug-likeness (QED) is 0.459. The van der Waals surface area contributed by atoms with Crippen LogP contribution in [-0.4, -0.2) is 44.3 Å². The molecule has 0 saturated heterocycles. The van der Waals surface area contributed by atoms with Crippen molar-refractivity contribution < 1.29 is 13.6 Å². The van der Waals surface area contributed by atoms with Crippen LogP contribution in [0.3, 0.4) is 0 Å². The summed E-state index contributed by atoms with van der Waals surface area (Å²) in [5.41, 5.74) is 4.02. The van der Waals surface area contributed by atoms with Gasteiger partial charge in [0.2, 0.25) is 0 Å². The summed E-state index contributed by atoms with van der Waals surface area (Å²) in [5.74, 6) is 0.186. The topological polar surface area (TPSA) is 84.2 Å². The molecule has 2 N–H and O–H groups in total. The van der Waals surface area contributed by atoms with Gasteiger partial charge in [-0.2, -0.15) is 0 Å². The minimum absolute atomic E-state index is 0.0835. The third kappa shape index (κ3) is 4.14. The number of hydrogen-bond donors (Lipinski definition) is 2. The number of anilines is 1. The standard InChI is InChI=1S/C23H20F2N6O/c24-20(25)12-27-21-22-28-11-19(31(22)13-18(30-21)14-7-9-26-10-8-14)15-1-3-16(4-2-15)23(32)29-17-5-6-17/h1-4,7-11,13,17,20H,5-6,12H2,(H,27,30)(H,29,32). The van der Waals surface area contributed by atoms with Gasteiger partial charge in [-0.25, -0.2) is 18.7 Å². The van der Waals surface area contributed by atoms with E-state index < -0.39 is 13.0 Å². The second kappa shape index (κ2) is 8.33. The number of fused-ring (bicyclic) bond motifs is 1. The van der Waals surface area contributed by atoms with Crippen LogP contribution in [0.5, 0.6) is 0 Å². The molecule has 1 fully saturated rings. The average Bonchev–Trinajstić information content (AvgIpc) is 3.53. The van der Waals surface area contributed by atoms with Gasteiger partial charge in [-0.05, 0) is 37.1 Å². The van der Waals surface area contributed by atoms with Gasteiger partial charge in [0.25, 0.3) is 12.3 Å². The normalized spacial score (nSPS) is 13.5. The van der Waals surface area contributed by atoms with Crippen LogP contribution in [0.1, 0.15) is 23.2 Å². The molecule has 7 nitrogen and oxygen atoms in total. The lowest BCUT2D eigenvalue weighted by molar-refractivity contribution is 0.0951. The van der Waals surface area contributed by atoms with Crippen molar-refractivity contribution >= 4 is 17.4 Å². The number of aromatic nitrogens is 4. The first-order valence-corrected chi connectivity index (χ1v) is 10.3. The fourth-order valence-corrected chi connectivity index (χ4v) is 3.44. The van der Waals surface area contributed by atoms with E-state index in [1.54, 1.807) is 42.9 Å². The number of benzene rings is 1. The Morgan fingerprint density at radius 3 is 2.53 bits per heavy atom. The van der Waals surface area contributed by atoms with Gasteiger partial charge < -0.3 is 10.6 Å². The molecule has 1 aliphatic carbocycles. The molecule has 0 aliphatic heterocycles. The molecule has 0 unspecified atom stereocenters. The van der Waals surface area contributed by atoms with Gasteiger partial charge in [-0.1, -0.05) is 12.1 Å². The number of rotatable bonds is 7. The van der Waals surface area contributed by atoms with Crippen molar-refractivity contribution in [3.8, 4) is 22.5 Å². The van der Waals surface area contributed by atoms with E-state index in [-0.39, 0.29) is 11.7 Å². The van der Waals surface area contributed by atoms with Crippen molar-refractivity contribution in [2.75, 3.05) is 11.9 Å². The monoisotopic (exact) mass is 434 g/mol. The molecule has 162 valence electrons. The molecule has 0 bridgehead atoms. The van der Waals surface area contributed by atoms with Crippen molar-refractivity contribution in [3.63, 3.8) is 0 Å². The number of hydrogen-bond acceptors (Lipinski definition) is 5. The lowest BCUT2D eigenvalue weighted by Gasteiger charge is -2.11. The highest BCUT2D eigenvalue weighted by Gasteiger charge is 2.23. The fourth-order valence-electron chi connectivity index (χ4n) is 3.44. The summed E-state index contributed by atoms with van der Waals surface area (Å²) in [5, 5.41) is 5.67. The first-order valence-electron chi connectivity index (χ1n) is 10.3. The lowest BCUT2D eigenvalue weighted by Crippen LogP contribution is -2.25. The molecule has 9 heteroatoms. The third-order valence-electron chi connectivity index (χ3n) is 5.25. The largest absolute Gasteiger partial charge is 0.361 e. The van der Waals surface area contributed by atoms with Gasteiger partial charge in [-0.15, -0.1) is 0 Å². The summed E-state index contributed by atoms with van der Waals surface area (Å²) >= 11 is 0. The Bertz CT molecular complexity index is 1250. The molecule has 0 atom stereocenters. The van der Waals surface area contributed by atoms with Crippen molar-refractivity contribution in [1.29, 1.82) is 0 Å². The molecular formula is C23H20F2N6O. The molecule has 32 heavy (non-hydrogen) atoms. The fraction of sp³-hybridized carbons (Fsp3) is 0.217. The summed E-state index contributed by atoms with van der Waals surface area (Å²) in [4.78, 5) is 25.2. The summed E-state index contributed by atoms with van der Waals surface area (Å²) < 4.78 is 27.5. The zero-order chi connectivity index (χ0) is 22.1. The molecule has 3 aromatic heterocycles. The predicted molar refractivity (Wildman–Crippen MR) is 117 cm³/mol. The Kier molecular flexibility index (Phi) is 5.22. The van der Waals surface area contributed by atoms with Crippen LogP contribution >= 0.6 is 0 Å². The van der Waals surface area contributed by atoms with Crippen LogP contribution in [0.2, 0.25) is 0 Å². The number of pyridine rings is 1. The number of carbonyl (C=O) groups is 1. The molecule has 1 amide bonds. The first-order chi connectivity index (χ1) is 15.6. The van der Waals surface area contributed by atoms with Crippen molar-refractivity contribution in [2.45, 2.75) is 25.3 Å². The highest BCUT2D eigenvalue weighted by molar-refractivity contribution is 5.95. The first kappa shape index (κ1) is 20.0. The molecule has 0 radical (unpaired) electrons. The third-order valence-corrected chi connectivity index (χ3v) is 5.25. The van der Waals surface area contributed by atoms with Gasteiger partial charge in [0.15, 0.2) is 11.5 Å². The zero-order valence-corrected chi connectivity index (χ0v) is 17.0. The summed E-state index contributed by atoms with van der Waals surface area (Å²) in [6.45, 7) is -0.532. The zero-order valence-electron chi connectivity index (χ0n) is 17.0. The van der Waals surface area contributed by atoms with E-state index in [2.05, 4.69) is 25.6 Å². The van der Waals surface area contributed by atoms with Gasteiger partial charge in [0.05, 0.1) is 24.1 Å². The molecule has 1 aliphatic rings. The second-order valence-electron chi connectivity index (χ2n) is 7.64. The number of amides is 1. The van der Waals surface area contributed by atoms with Gasteiger partial charge in [0, 0.05) is 41.3 Å². The Labute approximate surface area is 182 Å². The highest BCUT2D eigenvalue weighted by Crippen LogP contribution is 2.28. The van der Waals surface area contributed by atoms with Gasteiger partial charge in [-0.3, -0.25) is 14.2 Å². The molecule has 4 aromatic rings. The van der Waals surface area contributed by atoms with Crippen LogP contribution in [0.15, 0.2) is 61.2 Å². The van der Waals surface area contributed by atoms with E-state index in [1.807, 2.05) is 22.7 Å².